The second kappa shape index (κ2) is 8.95. The minimum Gasteiger partial charge on any atom is -0.497 e. The summed E-state index contributed by atoms with van der Waals surface area (Å²) >= 11 is 1.44. The third-order valence-corrected chi connectivity index (χ3v) is 7.49. The minimum atomic E-state index is 0.0607. The molecular formula is C26H26N4O3S. The lowest BCUT2D eigenvalue weighted by Gasteiger charge is -2.36. The molecule has 0 bridgehead atoms. The molecule has 4 aromatic rings. The molecule has 0 radical (unpaired) electrons. The van der Waals surface area contributed by atoms with E-state index in [1.165, 1.54) is 11.3 Å². The van der Waals surface area contributed by atoms with Crippen LogP contribution in [0.3, 0.4) is 0 Å². The van der Waals surface area contributed by atoms with E-state index < -0.39 is 0 Å². The molecule has 2 aromatic heterocycles. The number of ketones is 1. The molecule has 1 amide bonds. The van der Waals surface area contributed by atoms with Crippen LogP contribution in [0.5, 0.6) is 5.75 Å². The lowest BCUT2D eigenvalue weighted by atomic mass is 10.1. The molecule has 7 nitrogen and oxygen atoms in total. The monoisotopic (exact) mass is 474 g/mol. The van der Waals surface area contributed by atoms with Gasteiger partial charge in [-0.05, 0) is 62.4 Å². The van der Waals surface area contributed by atoms with Crippen LogP contribution in [0.15, 0.2) is 54.7 Å². The summed E-state index contributed by atoms with van der Waals surface area (Å²) in [4.78, 5) is 35.3. The number of imidazole rings is 1. The van der Waals surface area contributed by atoms with Gasteiger partial charge in [-0.2, -0.15) is 0 Å². The van der Waals surface area contributed by atoms with E-state index >= 15 is 0 Å². The summed E-state index contributed by atoms with van der Waals surface area (Å²) in [6.45, 7) is 6.38. The molecule has 0 unspecified atom stereocenters. The Morgan fingerprint density at radius 3 is 2.24 bits per heavy atom. The number of ether oxygens (including phenoxy) is 1. The van der Waals surface area contributed by atoms with Crippen LogP contribution in [0.2, 0.25) is 0 Å². The normalized spacial score (nSPS) is 14.0. The molecule has 0 N–H and O–H groups in total. The van der Waals surface area contributed by atoms with E-state index in [9.17, 15) is 9.59 Å². The highest BCUT2D eigenvalue weighted by molar-refractivity contribution is 7.19. The van der Waals surface area contributed by atoms with Gasteiger partial charge in [0.2, 0.25) is 0 Å². The summed E-state index contributed by atoms with van der Waals surface area (Å²) < 4.78 is 7.24. The average Bonchev–Trinajstić information content (AvgIpc) is 3.43. The van der Waals surface area contributed by atoms with Gasteiger partial charge in [-0.3, -0.25) is 14.0 Å². The van der Waals surface area contributed by atoms with Crippen LogP contribution < -0.4 is 9.64 Å². The molecular weight excluding hydrogens is 448 g/mol. The van der Waals surface area contributed by atoms with Gasteiger partial charge < -0.3 is 14.5 Å². The number of methoxy groups -OCH3 is 1. The average molecular weight is 475 g/mol. The number of carbonyl (C=O) groups is 2. The van der Waals surface area contributed by atoms with Gasteiger partial charge in [-0.1, -0.05) is 11.3 Å². The van der Waals surface area contributed by atoms with E-state index in [1.54, 1.807) is 14.0 Å². The highest BCUT2D eigenvalue weighted by Gasteiger charge is 2.26. The number of nitrogens with zero attached hydrogens (tertiary/aromatic N) is 4. The SMILES string of the molecule is COc1ccc(-c2cn3c(C)c(C(=O)N4CCN(c5ccc(C(C)=O)cc5)CC4)sc3n2)cc1. The molecule has 174 valence electrons. The van der Waals surface area contributed by atoms with Gasteiger partial charge in [0.1, 0.15) is 10.6 Å². The molecule has 1 aliphatic rings. The fraction of sp³-hybridized carbons (Fsp3) is 0.269. The number of piperazine rings is 1. The Balaban J connectivity index is 1.28. The lowest BCUT2D eigenvalue weighted by molar-refractivity contribution is 0.0750. The maximum Gasteiger partial charge on any atom is 0.265 e. The van der Waals surface area contributed by atoms with Crippen LogP contribution in [0.4, 0.5) is 5.69 Å². The highest BCUT2D eigenvalue weighted by Crippen LogP contribution is 2.29. The van der Waals surface area contributed by atoms with Gasteiger partial charge in [0, 0.05) is 54.9 Å². The Morgan fingerprint density at radius 2 is 1.65 bits per heavy atom. The molecule has 8 heteroatoms. The Bertz CT molecular complexity index is 1350. The van der Waals surface area contributed by atoms with Crippen LogP contribution >= 0.6 is 11.3 Å². The van der Waals surface area contributed by atoms with E-state index in [-0.39, 0.29) is 11.7 Å². The molecule has 0 aliphatic carbocycles. The van der Waals surface area contributed by atoms with E-state index in [1.807, 2.05) is 71.0 Å². The van der Waals surface area contributed by atoms with Gasteiger partial charge in [0.15, 0.2) is 10.7 Å². The van der Waals surface area contributed by atoms with Crippen LogP contribution in [0.1, 0.15) is 32.6 Å². The summed E-state index contributed by atoms with van der Waals surface area (Å²) in [5.74, 6) is 0.934. The third kappa shape index (κ3) is 4.05. The predicted octanol–water partition coefficient (Wildman–Crippen LogP) is 4.54. The number of thiazole rings is 1. The Hall–Kier alpha value is -3.65. The molecule has 1 fully saturated rings. The van der Waals surface area contributed by atoms with Crippen molar-refractivity contribution in [1.82, 2.24) is 14.3 Å². The zero-order valence-corrected chi connectivity index (χ0v) is 20.3. The Labute approximate surface area is 202 Å². The first-order chi connectivity index (χ1) is 16.4. The number of hydrogen-bond donors (Lipinski definition) is 0. The number of Topliss-reactive ketones (excluding diaryl/α,β-unsaturated/α-hetero) is 1. The number of anilines is 1. The van der Waals surface area contributed by atoms with Gasteiger partial charge in [0.25, 0.3) is 5.91 Å². The molecule has 0 saturated carbocycles. The van der Waals surface area contributed by atoms with E-state index in [0.717, 1.165) is 51.3 Å². The smallest absolute Gasteiger partial charge is 0.265 e. The fourth-order valence-corrected chi connectivity index (χ4v) is 5.34. The Kier molecular flexibility index (Phi) is 5.83. The number of carbonyl (C=O) groups excluding carboxylic acids is 2. The van der Waals surface area contributed by atoms with Crippen molar-refractivity contribution in [2.75, 3.05) is 38.2 Å². The molecule has 0 atom stereocenters. The van der Waals surface area contributed by atoms with Gasteiger partial charge in [-0.15, -0.1) is 0 Å². The van der Waals surface area contributed by atoms with E-state index in [2.05, 4.69) is 4.90 Å². The number of rotatable bonds is 5. The molecule has 5 rings (SSSR count). The standard InChI is InChI=1S/C26H26N4O3S/c1-17-24(34-26-27-23(16-30(17)26)20-6-10-22(33-3)11-7-20)25(32)29-14-12-28(13-15-29)21-8-4-19(5-9-21)18(2)31/h4-11,16H,12-15H2,1-3H3. The molecule has 0 spiro atoms. The first-order valence-electron chi connectivity index (χ1n) is 11.2. The van der Waals surface area contributed by atoms with E-state index in [0.29, 0.717) is 18.7 Å². The van der Waals surface area contributed by atoms with E-state index in [4.69, 9.17) is 9.72 Å². The van der Waals surface area contributed by atoms with Crippen molar-refractivity contribution >= 4 is 33.7 Å². The number of hydrogen-bond acceptors (Lipinski definition) is 6. The molecule has 1 aliphatic heterocycles. The largest absolute Gasteiger partial charge is 0.497 e. The first kappa shape index (κ1) is 22.2. The number of aryl methyl sites for hydroxylation is 1. The Morgan fingerprint density at radius 1 is 0.971 bits per heavy atom. The second-order valence-electron chi connectivity index (χ2n) is 8.41. The van der Waals surface area contributed by atoms with Gasteiger partial charge in [0.05, 0.1) is 12.8 Å². The quantitative estimate of drug-likeness (QED) is 0.397. The fourth-order valence-electron chi connectivity index (χ4n) is 4.27. The minimum absolute atomic E-state index is 0.0607. The van der Waals surface area contributed by atoms with Crippen molar-refractivity contribution in [3.63, 3.8) is 0 Å². The highest BCUT2D eigenvalue weighted by atomic mass is 32.1. The van der Waals surface area contributed by atoms with Crippen molar-refractivity contribution in [2.45, 2.75) is 13.8 Å². The summed E-state index contributed by atoms with van der Waals surface area (Å²) in [7, 11) is 1.65. The molecule has 2 aromatic carbocycles. The van der Waals surface area contributed by atoms with Crippen LogP contribution in [-0.4, -0.2) is 59.3 Å². The van der Waals surface area contributed by atoms with Crippen LogP contribution in [0.25, 0.3) is 16.2 Å². The molecule has 3 heterocycles. The van der Waals surface area contributed by atoms with Crippen LogP contribution in [0, 0.1) is 6.92 Å². The predicted molar refractivity (Wildman–Crippen MR) is 134 cm³/mol. The number of amides is 1. The number of aromatic nitrogens is 2. The third-order valence-electron chi connectivity index (χ3n) is 6.34. The maximum absolute atomic E-state index is 13.3. The summed E-state index contributed by atoms with van der Waals surface area (Å²) in [6.07, 6.45) is 1.99. The van der Waals surface area contributed by atoms with Crippen molar-refractivity contribution < 1.29 is 14.3 Å². The van der Waals surface area contributed by atoms with Crippen LogP contribution in [-0.2, 0) is 0 Å². The first-order valence-corrected chi connectivity index (χ1v) is 12.0. The number of fused-ring (bicyclic) bond motifs is 1. The summed E-state index contributed by atoms with van der Waals surface area (Å²) in [6, 6.07) is 15.5. The van der Waals surface area contributed by atoms with Gasteiger partial charge >= 0.3 is 0 Å². The van der Waals surface area contributed by atoms with Crippen molar-refractivity contribution in [2.24, 2.45) is 0 Å². The van der Waals surface area contributed by atoms with Gasteiger partial charge in [-0.25, -0.2) is 4.98 Å². The summed E-state index contributed by atoms with van der Waals surface area (Å²) in [5, 5.41) is 0. The van der Waals surface area contributed by atoms with Crippen molar-refractivity contribution in [3.8, 4) is 17.0 Å². The lowest BCUT2D eigenvalue weighted by Crippen LogP contribution is -2.48. The topological polar surface area (TPSA) is 67.2 Å². The maximum atomic E-state index is 13.3. The molecule has 34 heavy (non-hydrogen) atoms. The number of benzene rings is 2. The van der Waals surface area contributed by atoms with Crippen molar-refractivity contribution in [3.05, 3.63) is 70.9 Å². The molecule has 1 saturated heterocycles. The zero-order valence-electron chi connectivity index (χ0n) is 19.4. The summed E-state index contributed by atoms with van der Waals surface area (Å²) in [5.41, 5.74) is 4.59. The second-order valence-corrected chi connectivity index (χ2v) is 9.38. The van der Waals surface area contributed by atoms with Crippen molar-refractivity contribution in [1.29, 1.82) is 0 Å². The zero-order chi connectivity index (χ0) is 23.8.